The van der Waals surface area contributed by atoms with Gasteiger partial charge in [-0.1, -0.05) is 18.2 Å². The molecule has 1 aromatic heterocycles. The first-order valence-corrected chi connectivity index (χ1v) is 7.68. The molecular weight excluding hydrogens is 292 g/mol. The molecule has 0 bridgehead atoms. The van der Waals surface area contributed by atoms with Gasteiger partial charge in [0.2, 0.25) is 5.89 Å². The number of aromatic nitrogens is 1. The minimum Gasteiger partial charge on any atom is -0.436 e. The van der Waals surface area contributed by atoms with Crippen molar-refractivity contribution >= 4 is 22.7 Å². The van der Waals surface area contributed by atoms with Gasteiger partial charge in [-0.15, -0.1) is 0 Å². The molecule has 3 aromatic rings. The summed E-state index contributed by atoms with van der Waals surface area (Å²) in [6, 6.07) is 15.2. The number of rotatable bonds is 3. The van der Waals surface area contributed by atoms with E-state index in [1.807, 2.05) is 42.5 Å². The van der Waals surface area contributed by atoms with Gasteiger partial charge in [0, 0.05) is 23.9 Å². The lowest BCUT2D eigenvalue weighted by atomic mass is 10.2. The molecule has 1 atom stereocenters. The second kappa shape index (κ2) is 5.85. The van der Waals surface area contributed by atoms with Crippen molar-refractivity contribution in [2.45, 2.75) is 18.9 Å². The van der Waals surface area contributed by atoms with Crippen LogP contribution >= 0.6 is 0 Å². The van der Waals surface area contributed by atoms with E-state index in [0.29, 0.717) is 23.8 Å². The van der Waals surface area contributed by atoms with E-state index in [-0.39, 0.29) is 12.0 Å². The first kappa shape index (κ1) is 14.0. The second-order valence-corrected chi connectivity index (χ2v) is 5.56. The molecule has 1 fully saturated rings. The van der Waals surface area contributed by atoms with Crippen LogP contribution in [-0.4, -0.2) is 23.6 Å². The zero-order chi connectivity index (χ0) is 15.6. The molecule has 0 saturated carbocycles. The summed E-state index contributed by atoms with van der Waals surface area (Å²) in [5.74, 6) is 0.466. The van der Waals surface area contributed by atoms with Gasteiger partial charge >= 0.3 is 0 Å². The van der Waals surface area contributed by atoms with Crippen LogP contribution in [0.3, 0.4) is 0 Å². The van der Waals surface area contributed by atoms with Crippen molar-refractivity contribution in [3.8, 4) is 11.5 Å². The van der Waals surface area contributed by atoms with Gasteiger partial charge in [0.05, 0.1) is 0 Å². The maximum Gasteiger partial charge on any atom is 0.253 e. The Balaban J connectivity index is 1.59. The van der Waals surface area contributed by atoms with Crippen LogP contribution in [0, 0.1) is 0 Å². The molecule has 1 N–H and O–H groups in total. The van der Waals surface area contributed by atoms with Crippen molar-refractivity contribution in [2.24, 2.45) is 0 Å². The minimum absolute atomic E-state index is 0.107. The Kier molecular flexibility index (Phi) is 3.55. The van der Waals surface area contributed by atoms with Crippen molar-refractivity contribution in [3.63, 3.8) is 0 Å². The van der Waals surface area contributed by atoms with Crippen LogP contribution < -0.4 is 5.32 Å². The van der Waals surface area contributed by atoms with E-state index in [4.69, 9.17) is 9.15 Å². The molecule has 1 amide bonds. The minimum atomic E-state index is -0.347. The third kappa shape index (κ3) is 2.83. The Morgan fingerprint density at radius 1 is 1.17 bits per heavy atom. The number of amides is 1. The Labute approximate surface area is 133 Å². The van der Waals surface area contributed by atoms with Crippen LogP contribution in [0.15, 0.2) is 52.9 Å². The predicted molar refractivity (Wildman–Crippen MR) is 87.0 cm³/mol. The number of anilines is 1. The van der Waals surface area contributed by atoms with Crippen LogP contribution in [0.5, 0.6) is 0 Å². The van der Waals surface area contributed by atoms with Crippen LogP contribution in [0.2, 0.25) is 0 Å². The van der Waals surface area contributed by atoms with Crippen LogP contribution in [0.4, 0.5) is 5.69 Å². The van der Waals surface area contributed by atoms with Gasteiger partial charge in [-0.2, -0.15) is 0 Å². The van der Waals surface area contributed by atoms with Crippen molar-refractivity contribution in [2.75, 3.05) is 11.9 Å². The molecule has 1 aliphatic heterocycles. The Morgan fingerprint density at radius 2 is 2.04 bits per heavy atom. The standard InChI is InChI=1S/C18H16N2O3/c21-17(15-7-4-10-22-15)19-13-8-9-14-16(11-13)23-18(20-14)12-5-2-1-3-6-12/h1-3,5-6,8-9,11,15H,4,7,10H2,(H,19,21). The molecule has 0 radical (unpaired) electrons. The number of nitrogens with zero attached hydrogens (tertiary/aromatic N) is 1. The lowest BCUT2D eigenvalue weighted by molar-refractivity contribution is -0.124. The highest BCUT2D eigenvalue weighted by atomic mass is 16.5. The van der Waals surface area contributed by atoms with Gasteiger partial charge in [-0.3, -0.25) is 4.79 Å². The van der Waals surface area contributed by atoms with E-state index >= 15 is 0 Å². The van der Waals surface area contributed by atoms with Crippen LogP contribution in [0.25, 0.3) is 22.6 Å². The maximum absolute atomic E-state index is 12.1. The fraction of sp³-hybridized carbons (Fsp3) is 0.222. The van der Waals surface area contributed by atoms with Crippen molar-refractivity contribution < 1.29 is 13.9 Å². The number of carbonyl (C=O) groups is 1. The van der Waals surface area contributed by atoms with Gasteiger partial charge < -0.3 is 14.5 Å². The summed E-state index contributed by atoms with van der Waals surface area (Å²) in [4.78, 5) is 16.6. The van der Waals surface area contributed by atoms with Gasteiger partial charge in [0.1, 0.15) is 11.6 Å². The molecule has 1 aliphatic rings. The fourth-order valence-electron chi connectivity index (χ4n) is 2.71. The molecule has 2 heterocycles. The molecule has 1 saturated heterocycles. The van der Waals surface area contributed by atoms with Gasteiger partial charge in [-0.25, -0.2) is 4.98 Å². The molecule has 1 unspecified atom stereocenters. The molecule has 5 heteroatoms. The number of hydrogen-bond acceptors (Lipinski definition) is 4. The molecule has 116 valence electrons. The number of nitrogens with one attached hydrogen (secondary N) is 1. The maximum atomic E-state index is 12.1. The predicted octanol–water partition coefficient (Wildman–Crippen LogP) is 3.61. The number of ether oxygens (including phenoxy) is 1. The van der Waals surface area contributed by atoms with E-state index in [0.717, 1.165) is 23.9 Å². The van der Waals surface area contributed by atoms with Crippen molar-refractivity contribution in [1.29, 1.82) is 0 Å². The second-order valence-electron chi connectivity index (χ2n) is 5.56. The monoisotopic (exact) mass is 308 g/mol. The average molecular weight is 308 g/mol. The summed E-state index contributed by atoms with van der Waals surface area (Å²) in [7, 11) is 0. The normalized spacial score (nSPS) is 17.5. The average Bonchev–Trinajstić information content (AvgIpc) is 3.25. The SMILES string of the molecule is O=C(Nc1ccc2nc(-c3ccccc3)oc2c1)C1CCCO1. The van der Waals surface area contributed by atoms with E-state index < -0.39 is 0 Å². The lowest BCUT2D eigenvalue weighted by Gasteiger charge is -2.09. The van der Waals surface area contributed by atoms with Crippen molar-refractivity contribution in [1.82, 2.24) is 4.98 Å². The number of benzene rings is 2. The smallest absolute Gasteiger partial charge is 0.253 e. The highest BCUT2D eigenvalue weighted by Crippen LogP contribution is 2.26. The van der Waals surface area contributed by atoms with E-state index in [9.17, 15) is 4.79 Å². The number of oxazole rings is 1. The third-order valence-corrected chi connectivity index (χ3v) is 3.90. The Morgan fingerprint density at radius 3 is 2.83 bits per heavy atom. The molecular formula is C18H16N2O3. The third-order valence-electron chi connectivity index (χ3n) is 3.90. The van der Waals surface area contributed by atoms with Crippen molar-refractivity contribution in [3.05, 3.63) is 48.5 Å². The number of hydrogen-bond donors (Lipinski definition) is 1. The van der Waals surface area contributed by atoms with Crippen LogP contribution in [-0.2, 0) is 9.53 Å². The van der Waals surface area contributed by atoms with Gasteiger partial charge in [-0.05, 0) is 37.1 Å². The highest BCUT2D eigenvalue weighted by Gasteiger charge is 2.23. The van der Waals surface area contributed by atoms with Crippen LogP contribution in [0.1, 0.15) is 12.8 Å². The molecule has 4 rings (SSSR count). The van der Waals surface area contributed by atoms with Gasteiger partial charge in [0.25, 0.3) is 5.91 Å². The molecule has 5 nitrogen and oxygen atoms in total. The topological polar surface area (TPSA) is 64.4 Å². The quantitative estimate of drug-likeness (QED) is 0.802. The first-order valence-electron chi connectivity index (χ1n) is 7.68. The zero-order valence-corrected chi connectivity index (χ0v) is 12.5. The highest BCUT2D eigenvalue weighted by molar-refractivity contribution is 5.95. The summed E-state index contributed by atoms with van der Waals surface area (Å²) >= 11 is 0. The zero-order valence-electron chi connectivity index (χ0n) is 12.5. The Hall–Kier alpha value is -2.66. The number of fused-ring (bicyclic) bond motifs is 1. The number of carbonyl (C=O) groups excluding carboxylic acids is 1. The van der Waals surface area contributed by atoms with Gasteiger partial charge in [0.15, 0.2) is 5.58 Å². The van der Waals surface area contributed by atoms with E-state index in [1.54, 1.807) is 6.07 Å². The lowest BCUT2D eigenvalue weighted by Crippen LogP contribution is -2.26. The molecule has 2 aromatic carbocycles. The summed E-state index contributed by atoms with van der Waals surface area (Å²) in [6.07, 6.45) is 1.36. The largest absolute Gasteiger partial charge is 0.436 e. The molecule has 0 spiro atoms. The molecule has 23 heavy (non-hydrogen) atoms. The summed E-state index contributed by atoms with van der Waals surface area (Å²) in [5.41, 5.74) is 3.02. The van der Waals surface area contributed by atoms with E-state index in [1.165, 1.54) is 0 Å². The summed E-state index contributed by atoms with van der Waals surface area (Å²) < 4.78 is 11.2. The summed E-state index contributed by atoms with van der Waals surface area (Å²) in [6.45, 7) is 0.652. The first-order chi connectivity index (χ1) is 11.3. The molecule has 0 aliphatic carbocycles. The summed E-state index contributed by atoms with van der Waals surface area (Å²) in [5, 5.41) is 2.87. The van der Waals surface area contributed by atoms with E-state index in [2.05, 4.69) is 10.3 Å². The fourth-order valence-corrected chi connectivity index (χ4v) is 2.71. The Bertz CT molecular complexity index is 836.